The highest BCUT2D eigenvalue weighted by molar-refractivity contribution is 14.0. The van der Waals surface area contributed by atoms with Crippen molar-refractivity contribution in [2.75, 3.05) is 19.6 Å². The van der Waals surface area contributed by atoms with Crippen molar-refractivity contribution in [3.63, 3.8) is 0 Å². The minimum atomic E-state index is 0. The van der Waals surface area contributed by atoms with Gasteiger partial charge >= 0.3 is 0 Å². The summed E-state index contributed by atoms with van der Waals surface area (Å²) in [5.74, 6) is 1.55. The average Bonchev–Trinajstić information content (AvgIpc) is 2.90. The van der Waals surface area contributed by atoms with Gasteiger partial charge in [0.05, 0.1) is 10.7 Å². The van der Waals surface area contributed by atoms with E-state index in [2.05, 4.69) is 16.8 Å². The summed E-state index contributed by atoms with van der Waals surface area (Å²) in [6, 6.07) is 0. The van der Waals surface area contributed by atoms with E-state index in [1.54, 1.807) is 0 Å². The predicted molar refractivity (Wildman–Crippen MR) is 104 cm³/mol. The molecule has 2 heterocycles. The highest BCUT2D eigenvalue weighted by Gasteiger charge is 2.17. The smallest absolute Gasteiger partial charge is 0.191 e. The largest absolute Gasteiger partial charge is 0.370 e. The van der Waals surface area contributed by atoms with Crippen LogP contribution in [0.5, 0.6) is 0 Å². The molecule has 2 N–H and O–H groups in total. The molecule has 1 saturated heterocycles. The lowest BCUT2D eigenvalue weighted by Gasteiger charge is -2.31. The van der Waals surface area contributed by atoms with Crippen LogP contribution in [0.3, 0.4) is 0 Å². The first-order valence-corrected chi connectivity index (χ1v) is 9.06. The number of nitrogens with two attached hydrogens (primary N) is 1. The number of hydrogen-bond acceptors (Lipinski definition) is 3. The Balaban J connectivity index is 0.00000176. The van der Waals surface area contributed by atoms with E-state index in [0.29, 0.717) is 0 Å². The van der Waals surface area contributed by atoms with E-state index in [1.165, 1.54) is 54.1 Å². The van der Waals surface area contributed by atoms with Crippen molar-refractivity contribution in [3.8, 4) is 0 Å². The summed E-state index contributed by atoms with van der Waals surface area (Å²) in [5.41, 5.74) is 7.46. The van der Waals surface area contributed by atoms with E-state index in [-0.39, 0.29) is 24.0 Å². The fourth-order valence-electron chi connectivity index (χ4n) is 3.12. The number of halogens is 1. The minimum absolute atomic E-state index is 0. The molecule has 3 rings (SSSR count). The van der Waals surface area contributed by atoms with E-state index >= 15 is 0 Å². The molecule has 124 valence electrons. The molecule has 1 aliphatic carbocycles. The van der Waals surface area contributed by atoms with Crippen LogP contribution in [0, 0.1) is 5.92 Å². The zero-order valence-electron chi connectivity index (χ0n) is 13.4. The summed E-state index contributed by atoms with van der Waals surface area (Å²) in [5, 5.41) is 1.24. The van der Waals surface area contributed by atoms with E-state index < -0.39 is 0 Å². The molecule has 1 fully saturated rings. The highest BCUT2D eigenvalue weighted by Crippen LogP contribution is 2.26. The Labute approximate surface area is 154 Å². The van der Waals surface area contributed by atoms with Crippen LogP contribution in [0.15, 0.2) is 4.99 Å². The zero-order chi connectivity index (χ0) is 14.7. The number of likely N-dealkylation sites (tertiary alicyclic amines) is 1. The summed E-state index contributed by atoms with van der Waals surface area (Å²) < 4.78 is 0. The number of guanidine groups is 1. The van der Waals surface area contributed by atoms with Crippen LogP contribution in [0.2, 0.25) is 0 Å². The zero-order valence-corrected chi connectivity index (χ0v) is 16.5. The Morgan fingerprint density at radius 2 is 2.05 bits per heavy atom. The summed E-state index contributed by atoms with van der Waals surface area (Å²) >= 11 is 1.89. The Morgan fingerprint density at radius 1 is 1.32 bits per heavy atom. The number of hydrogen-bond donors (Lipinski definition) is 1. The number of thiazole rings is 1. The molecule has 0 unspecified atom stereocenters. The molecule has 4 nitrogen and oxygen atoms in total. The molecule has 0 amide bonds. The van der Waals surface area contributed by atoms with Crippen molar-refractivity contribution in [2.45, 2.75) is 51.9 Å². The Kier molecular flexibility index (Phi) is 6.92. The molecule has 2 aliphatic rings. The third-order valence-electron chi connectivity index (χ3n) is 4.60. The fourth-order valence-corrected chi connectivity index (χ4v) is 4.26. The SMILES string of the molecule is CC1CCN(C(N)=NCCc2nc3c(s2)CCCC3)CC1.I. The van der Waals surface area contributed by atoms with Gasteiger partial charge in [-0.15, -0.1) is 35.3 Å². The van der Waals surface area contributed by atoms with E-state index in [1.807, 2.05) is 11.3 Å². The Bertz CT molecular complexity index is 483. The molecule has 0 radical (unpaired) electrons. The Hall–Kier alpha value is -0.370. The van der Waals surface area contributed by atoms with Crippen molar-refractivity contribution in [2.24, 2.45) is 16.6 Å². The van der Waals surface area contributed by atoms with Crippen LogP contribution in [0.25, 0.3) is 0 Å². The van der Waals surface area contributed by atoms with Crippen molar-refractivity contribution in [3.05, 3.63) is 15.6 Å². The van der Waals surface area contributed by atoms with Gasteiger partial charge in [-0.05, 0) is 44.4 Å². The lowest BCUT2D eigenvalue weighted by Crippen LogP contribution is -2.42. The van der Waals surface area contributed by atoms with Crippen LogP contribution < -0.4 is 5.73 Å². The molecule has 0 saturated carbocycles. The molecule has 1 aliphatic heterocycles. The van der Waals surface area contributed by atoms with Gasteiger partial charge in [-0.3, -0.25) is 4.99 Å². The number of piperidine rings is 1. The average molecular weight is 434 g/mol. The maximum atomic E-state index is 6.11. The van der Waals surface area contributed by atoms with Crippen LogP contribution >= 0.6 is 35.3 Å². The van der Waals surface area contributed by atoms with Crippen molar-refractivity contribution >= 4 is 41.3 Å². The first-order chi connectivity index (χ1) is 10.2. The number of rotatable bonds is 3. The first-order valence-electron chi connectivity index (χ1n) is 8.24. The normalized spacial score (nSPS) is 19.7. The van der Waals surface area contributed by atoms with Gasteiger partial charge in [-0.2, -0.15) is 0 Å². The number of aromatic nitrogens is 1. The molecule has 1 aromatic rings. The molecule has 22 heavy (non-hydrogen) atoms. The predicted octanol–water partition coefficient (Wildman–Crippen LogP) is 3.23. The number of nitrogens with zero attached hydrogens (tertiary/aromatic N) is 3. The van der Waals surface area contributed by atoms with Gasteiger partial charge in [0.1, 0.15) is 0 Å². The molecule has 0 spiro atoms. The molecule has 6 heteroatoms. The van der Waals surface area contributed by atoms with E-state index in [4.69, 9.17) is 10.7 Å². The lowest BCUT2D eigenvalue weighted by molar-refractivity contribution is 0.277. The quantitative estimate of drug-likeness (QED) is 0.452. The Morgan fingerprint density at radius 3 is 2.77 bits per heavy atom. The van der Waals surface area contributed by atoms with Gasteiger partial charge in [0.15, 0.2) is 5.96 Å². The molecular weight excluding hydrogens is 407 g/mol. The first kappa shape index (κ1) is 18.0. The van der Waals surface area contributed by atoms with Gasteiger partial charge < -0.3 is 10.6 Å². The van der Waals surface area contributed by atoms with Crippen molar-refractivity contribution in [1.29, 1.82) is 0 Å². The molecule has 0 atom stereocenters. The minimum Gasteiger partial charge on any atom is -0.370 e. The lowest BCUT2D eigenvalue weighted by atomic mass is 10.00. The van der Waals surface area contributed by atoms with Crippen molar-refractivity contribution in [1.82, 2.24) is 9.88 Å². The maximum absolute atomic E-state index is 6.11. The van der Waals surface area contributed by atoms with Crippen LogP contribution in [-0.2, 0) is 19.3 Å². The number of fused-ring (bicyclic) bond motifs is 1. The fraction of sp³-hybridized carbons (Fsp3) is 0.750. The maximum Gasteiger partial charge on any atom is 0.191 e. The monoisotopic (exact) mass is 434 g/mol. The summed E-state index contributed by atoms with van der Waals surface area (Å²) in [7, 11) is 0. The van der Waals surface area contributed by atoms with Gasteiger partial charge in [0, 0.05) is 30.9 Å². The van der Waals surface area contributed by atoms with Crippen LogP contribution in [-0.4, -0.2) is 35.5 Å². The number of aryl methyl sites for hydroxylation is 2. The second-order valence-electron chi connectivity index (χ2n) is 6.34. The summed E-state index contributed by atoms with van der Waals surface area (Å²) in [6.07, 6.45) is 8.42. The van der Waals surface area contributed by atoms with Gasteiger partial charge in [-0.25, -0.2) is 4.98 Å². The second kappa shape index (κ2) is 8.47. The topological polar surface area (TPSA) is 54.5 Å². The van der Waals surface area contributed by atoms with Gasteiger partial charge in [0.2, 0.25) is 0 Å². The molecular formula is C16H27IN4S. The second-order valence-corrected chi connectivity index (χ2v) is 7.51. The third kappa shape index (κ3) is 4.57. The van der Waals surface area contributed by atoms with E-state index in [0.717, 1.165) is 37.9 Å². The molecule has 0 aromatic carbocycles. The van der Waals surface area contributed by atoms with E-state index in [9.17, 15) is 0 Å². The van der Waals surface area contributed by atoms with Crippen LogP contribution in [0.4, 0.5) is 0 Å². The van der Waals surface area contributed by atoms with Crippen LogP contribution in [0.1, 0.15) is 48.2 Å². The highest BCUT2D eigenvalue weighted by atomic mass is 127. The standard InChI is InChI=1S/C16H26N4S.HI/c1-12-7-10-20(11-8-12)16(17)18-9-6-15-19-13-4-2-3-5-14(13)21-15;/h12H,2-11H2,1H3,(H2,17,18);1H. The third-order valence-corrected chi connectivity index (χ3v) is 5.81. The summed E-state index contributed by atoms with van der Waals surface area (Å²) in [4.78, 5) is 13.1. The summed E-state index contributed by atoms with van der Waals surface area (Å²) in [6.45, 7) is 5.20. The molecule has 0 bridgehead atoms. The van der Waals surface area contributed by atoms with Crippen molar-refractivity contribution < 1.29 is 0 Å². The number of aliphatic imine (C=N–C) groups is 1. The van der Waals surface area contributed by atoms with Gasteiger partial charge in [0.25, 0.3) is 0 Å². The molecule has 1 aromatic heterocycles. The van der Waals surface area contributed by atoms with Gasteiger partial charge in [-0.1, -0.05) is 6.92 Å².